The summed E-state index contributed by atoms with van der Waals surface area (Å²) in [6.45, 7) is 0. The zero-order valence-corrected chi connectivity index (χ0v) is 58.0. The molecule has 0 spiro atoms. The summed E-state index contributed by atoms with van der Waals surface area (Å²) in [5, 5.41) is 8.06. The molecule has 0 atom stereocenters. The van der Waals surface area contributed by atoms with Gasteiger partial charge in [-0.25, -0.2) is 39.9 Å². The molecule has 1 aliphatic carbocycles. The summed E-state index contributed by atoms with van der Waals surface area (Å²) in [4.78, 5) is 40.4. The van der Waals surface area contributed by atoms with E-state index < -0.39 is 0 Å². The van der Waals surface area contributed by atoms with Crippen LogP contribution in [0.25, 0.3) is 209 Å². The number of hydrogen-bond acceptors (Lipinski definition) is 13. The molecule has 106 heavy (non-hydrogen) atoms. The molecule has 7 heterocycles. The van der Waals surface area contributed by atoms with Crippen LogP contribution >= 0.6 is 22.7 Å². The van der Waals surface area contributed by atoms with E-state index in [9.17, 15) is 0 Å². The van der Waals surface area contributed by atoms with Crippen LogP contribution in [0.2, 0.25) is 0 Å². The van der Waals surface area contributed by atoms with Crippen LogP contribution in [-0.4, -0.2) is 39.9 Å². The smallest absolute Gasteiger partial charge is 0.164 e. The van der Waals surface area contributed by atoms with E-state index in [0.717, 1.165) is 160 Å². The van der Waals surface area contributed by atoms with Gasteiger partial charge in [0.15, 0.2) is 34.9 Å². The fraction of sp³-hybridized carbons (Fsp3) is 0.0108. The van der Waals surface area contributed by atoms with Gasteiger partial charge >= 0.3 is 0 Å². The number of rotatable bonds is 10. The highest BCUT2D eigenvalue weighted by Crippen LogP contribution is 2.46. The Kier molecular flexibility index (Phi) is 14.4. The third-order valence-corrected chi connectivity index (χ3v) is 22.2. The van der Waals surface area contributed by atoms with Crippen molar-refractivity contribution >= 4 is 109 Å². The fourth-order valence-electron chi connectivity index (χ4n) is 15.0. The number of furan rings is 3. The molecule has 0 bridgehead atoms. The van der Waals surface area contributed by atoms with Gasteiger partial charge in [-0.2, -0.15) is 0 Å². The second kappa shape index (κ2) is 25.1. The van der Waals surface area contributed by atoms with Crippen molar-refractivity contribution in [2.24, 2.45) is 0 Å². The largest absolute Gasteiger partial charge is 0.456 e. The summed E-state index contributed by atoms with van der Waals surface area (Å²) >= 11 is 3.41. The average molecular weight is 1400 g/mol. The number of thiazole rings is 2. The molecule has 7 aromatic heterocycles. The van der Waals surface area contributed by atoms with Gasteiger partial charge in [-0.15, -0.1) is 22.7 Å². The number of para-hydroxylation sites is 5. The Bertz CT molecular complexity index is 7030. The third kappa shape index (κ3) is 10.6. The number of nitrogens with zero attached hydrogens (tertiary/aromatic N) is 8. The summed E-state index contributed by atoms with van der Waals surface area (Å²) in [7, 11) is 0. The Labute approximate surface area is 613 Å². The highest BCUT2D eigenvalue weighted by atomic mass is 32.1. The second-order valence-electron chi connectivity index (χ2n) is 26.4. The lowest BCUT2D eigenvalue weighted by molar-refractivity contribution is 0.669. The van der Waals surface area contributed by atoms with Crippen molar-refractivity contribution in [2.45, 2.75) is 6.42 Å². The lowest BCUT2D eigenvalue weighted by atomic mass is 9.99. The molecular weight excluding hydrogens is 1340 g/mol. The monoisotopic (exact) mass is 1390 g/mol. The van der Waals surface area contributed by atoms with Crippen molar-refractivity contribution in [3.63, 3.8) is 0 Å². The van der Waals surface area contributed by atoms with Gasteiger partial charge in [-0.05, 0) is 113 Å². The van der Waals surface area contributed by atoms with Crippen LogP contribution in [0.1, 0.15) is 11.1 Å². The van der Waals surface area contributed by atoms with Gasteiger partial charge < -0.3 is 13.3 Å². The first-order valence-corrected chi connectivity index (χ1v) is 36.7. The maximum absolute atomic E-state index is 6.72. The van der Waals surface area contributed by atoms with E-state index in [4.69, 9.17) is 53.1 Å². The number of fused-ring (bicyclic) bond motifs is 14. The zero-order valence-electron chi connectivity index (χ0n) is 56.3. The summed E-state index contributed by atoms with van der Waals surface area (Å²) in [6.07, 6.45) is 0.938. The van der Waals surface area contributed by atoms with E-state index in [1.165, 1.54) is 31.7 Å². The molecule has 1 aliphatic rings. The molecule has 0 radical (unpaired) electrons. The molecule has 0 amide bonds. The molecule has 21 aromatic rings. The van der Waals surface area contributed by atoms with E-state index >= 15 is 0 Å². The van der Waals surface area contributed by atoms with Crippen molar-refractivity contribution in [1.29, 1.82) is 0 Å². The maximum atomic E-state index is 6.72. The summed E-state index contributed by atoms with van der Waals surface area (Å²) < 4.78 is 22.0. The number of hydrogen-bond donors (Lipinski definition) is 0. The van der Waals surface area contributed by atoms with E-state index in [0.29, 0.717) is 34.9 Å². The predicted octanol–water partition coefficient (Wildman–Crippen LogP) is 24.9. The molecule has 0 unspecified atom stereocenters. The van der Waals surface area contributed by atoms with Crippen LogP contribution in [-0.2, 0) is 6.42 Å². The van der Waals surface area contributed by atoms with Crippen LogP contribution in [0.15, 0.2) is 329 Å². The van der Waals surface area contributed by atoms with Gasteiger partial charge in [0, 0.05) is 88.0 Å². The summed E-state index contributed by atoms with van der Waals surface area (Å²) in [6, 6.07) is 108. The van der Waals surface area contributed by atoms with E-state index in [-0.39, 0.29) is 0 Å². The lowest BCUT2D eigenvalue weighted by Gasteiger charge is -2.10. The highest BCUT2D eigenvalue weighted by Gasteiger charge is 2.25. The normalized spacial score (nSPS) is 11.9. The van der Waals surface area contributed by atoms with Crippen molar-refractivity contribution in [1.82, 2.24) is 39.9 Å². The molecule has 496 valence electrons. The van der Waals surface area contributed by atoms with Gasteiger partial charge in [0.1, 0.15) is 43.5 Å². The van der Waals surface area contributed by atoms with E-state index in [2.05, 4.69) is 194 Å². The van der Waals surface area contributed by atoms with Gasteiger partial charge in [0.05, 0.1) is 20.4 Å². The van der Waals surface area contributed by atoms with E-state index in [1.54, 1.807) is 22.7 Å². The SMILES string of the molecule is c1ccc(-c2nc(-c3ccc4c(c3)-c3ccccc3C4)nc(-c3cccc4oc5c(-c6cccc(-c7nc8ccccc8s7)c6)cccc5c34)n2)cc1.c1ccc(-c2nc(-c3ccc4c(c3)oc3ccccc34)nc(-c3cccc4oc5c(-c6cccc(-c7nc8ccccc8s7)c6)cccc5c34)n2)cc1. The molecule has 11 nitrogen and oxygen atoms in total. The standard InChI is InChI=1S/C47H28N4OS.C46H26N4O2S/c1-2-11-28(12-3-1)44-49-45(32-24-23-31-25-29-13-4-5-16-34(29)38(31)27-32)51-46(50-44)37-19-10-21-40-42(37)36-18-9-17-35(43(36)52-40)30-14-8-15-33(26-30)47-48-39-20-6-7-22-41(39)53-47;1-2-11-27(12-3-1)43-48-44(29-23-24-33-32-15-4-6-20-37(32)51-39(33)26-29)50-45(49-43)35-18-10-21-38-41(35)34-17-9-16-31(42(34)52-38)28-13-8-14-30(25-28)46-47-36-19-5-7-22-40(36)53-46/h1-24,26-27H,25H2;1-26H. The average Bonchev–Trinajstić information content (AvgIpc) is 1.58. The van der Waals surface area contributed by atoms with Crippen LogP contribution in [0.4, 0.5) is 0 Å². The Morgan fingerprint density at radius 1 is 0.226 bits per heavy atom. The first-order chi connectivity index (χ1) is 52.5. The molecule has 0 saturated heterocycles. The van der Waals surface area contributed by atoms with E-state index in [1.807, 2.05) is 121 Å². The predicted molar refractivity (Wildman–Crippen MR) is 430 cm³/mol. The molecule has 0 N–H and O–H groups in total. The number of aromatic nitrogens is 8. The van der Waals surface area contributed by atoms with Gasteiger partial charge in [0.25, 0.3) is 0 Å². The minimum atomic E-state index is 0.563. The second-order valence-corrected chi connectivity index (χ2v) is 28.5. The topological polar surface area (TPSA) is 143 Å². The first-order valence-electron chi connectivity index (χ1n) is 35.1. The number of benzene rings is 14. The van der Waals surface area contributed by atoms with Crippen LogP contribution in [0.5, 0.6) is 0 Å². The van der Waals surface area contributed by atoms with Crippen LogP contribution in [0.3, 0.4) is 0 Å². The highest BCUT2D eigenvalue weighted by molar-refractivity contribution is 7.22. The van der Waals surface area contributed by atoms with Crippen molar-refractivity contribution in [3.05, 3.63) is 327 Å². The first kappa shape index (κ1) is 61.0. The third-order valence-electron chi connectivity index (χ3n) is 20.0. The van der Waals surface area contributed by atoms with Gasteiger partial charge in [-0.3, -0.25) is 0 Å². The summed E-state index contributed by atoms with van der Waals surface area (Å²) in [5.74, 6) is 3.59. The molecule has 14 aromatic carbocycles. The minimum absolute atomic E-state index is 0.563. The lowest BCUT2D eigenvalue weighted by Crippen LogP contribution is -2.00. The Balaban J connectivity index is 0.000000136. The molecule has 0 fully saturated rings. The van der Waals surface area contributed by atoms with Gasteiger partial charge in [0.2, 0.25) is 0 Å². The minimum Gasteiger partial charge on any atom is -0.456 e. The molecule has 13 heteroatoms. The maximum Gasteiger partial charge on any atom is 0.164 e. The van der Waals surface area contributed by atoms with Crippen LogP contribution in [0, 0.1) is 0 Å². The Morgan fingerprint density at radius 3 is 1.22 bits per heavy atom. The molecule has 0 aliphatic heterocycles. The molecule has 22 rings (SSSR count). The van der Waals surface area contributed by atoms with Gasteiger partial charge in [-0.1, -0.05) is 243 Å². The van der Waals surface area contributed by atoms with Crippen LogP contribution < -0.4 is 0 Å². The summed E-state index contributed by atoms with van der Waals surface area (Å²) in [5.41, 5.74) is 23.7. The van der Waals surface area contributed by atoms with Crippen molar-refractivity contribution in [2.75, 3.05) is 0 Å². The molecular formula is C93H54N8O3S2. The van der Waals surface area contributed by atoms with Crippen molar-refractivity contribution < 1.29 is 13.3 Å². The Morgan fingerprint density at radius 2 is 0.632 bits per heavy atom. The van der Waals surface area contributed by atoms with Crippen molar-refractivity contribution in [3.8, 4) is 123 Å². The quantitative estimate of drug-likeness (QED) is 0.129. The zero-order chi connectivity index (χ0) is 69.8. The fourth-order valence-corrected chi connectivity index (χ4v) is 16.9. The molecule has 0 saturated carbocycles. The Hall–Kier alpha value is -13.7.